The maximum Gasteiger partial charge on any atom is 0.165 e. The van der Waals surface area contributed by atoms with Crippen LogP contribution < -0.4 is 9.46 Å². The highest BCUT2D eigenvalue weighted by Crippen LogP contribution is 2.31. The lowest BCUT2D eigenvalue weighted by Gasteiger charge is -2.26. The number of hydrogen-bond donors (Lipinski definition) is 1. The molecule has 0 amide bonds. The fraction of sp³-hybridized carbons (Fsp3) is 0.625. The molecule has 0 heterocycles. The minimum absolute atomic E-state index is 0.183. The van der Waals surface area contributed by atoms with Gasteiger partial charge >= 0.3 is 0 Å². The van der Waals surface area contributed by atoms with Gasteiger partial charge in [-0.3, -0.25) is 0 Å². The van der Waals surface area contributed by atoms with Crippen LogP contribution in [0.3, 0.4) is 0 Å². The van der Waals surface area contributed by atoms with Gasteiger partial charge < -0.3 is 9.29 Å². The predicted octanol–water partition coefficient (Wildman–Crippen LogP) is 3.73. The minimum Gasteiger partial charge on any atom is -0.598 e. The second-order valence-electron chi connectivity index (χ2n) is 6.66. The Morgan fingerprint density at radius 2 is 2.10 bits per heavy atom. The van der Waals surface area contributed by atoms with Gasteiger partial charge in [-0.15, -0.1) is 4.72 Å². The SMILES string of the molecule is C[C@@H](N[S+]([O-])C(C)(C)C)c1ccc(OCC2CC2)c(F)c1. The lowest BCUT2D eigenvalue weighted by Crippen LogP contribution is -2.40. The van der Waals surface area contributed by atoms with Crippen molar-refractivity contribution in [2.45, 2.75) is 51.3 Å². The number of benzene rings is 1. The summed E-state index contributed by atoms with van der Waals surface area (Å²) >= 11 is -1.18. The van der Waals surface area contributed by atoms with E-state index in [-0.39, 0.29) is 16.6 Å². The second-order valence-corrected chi connectivity index (χ2v) is 8.66. The Labute approximate surface area is 129 Å². The van der Waals surface area contributed by atoms with Crippen LogP contribution in [0.1, 0.15) is 52.1 Å². The third-order valence-corrected chi connectivity index (χ3v) is 5.15. The van der Waals surface area contributed by atoms with E-state index in [9.17, 15) is 8.94 Å². The van der Waals surface area contributed by atoms with Crippen LogP contribution in [0, 0.1) is 11.7 Å². The van der Waals surface area contributed by atoms with E-state index >= 15 is 0 Å². The average Bonchev–Trinajstić information content (AvgIpc) is 3.20. The standard InChI is InChI=1S/C16H24FNO2S/c1-11(18-21(19)16(2,3)4)13-7-8-15(14(17)9-13)20-10-12-5-6-12/h7-9,11-12,18H,5-6,10H2,1-4H3/t11-,21?/m1/s1. The molecule has 0 radical (unpaired) electrons. The lowest BCUT2D eigenvalue weighted by molar-refractivity contribution is 0.285. The lowest BCUT2D eigenvalue weighted by atomic mass is 10.1. The maximum absolute atomic E-state index is 14.0. The van der Waals surface area contributed by atoms with Crippen LogP contribution in [0.25, 0.3) is 0 Å². The molecule has 3 nitrogen and oxygen atoms in total. The summed E-state index contributed by atoms with van der Waals surface area (Å²) < 4.78 is 34.2. The predicted molar refractivity (Wildman–Crippen MR) is 84.1 cm³/mol. The molecule has 1 aliphatic carbocycles. The van der Waals surface area contributed by atoms with E-state index in [4.69, 9.17) is 4.74 Å². The van der Waals surface area contributed by atoms with Gasteiger partial charge in [-0.25, -0.2) is 4.39 Å². The van der Waals surface area contributed by atoms with Gasteiger partial charge in [0, 0.05) is 11.4 Å². The van der Waals surface area contributed by atoms with Crippen molar-refractivity contribution in [3.63, 3.8) is 0 Å². The Kier molecular flexibility index (Phi) is 5.17. The topological polar surface area (TPSA) is 44.3 Å². The van der Waals surface area contributed by atoms with Gasteiger partial charge in [-0.1, -0.05) is 6.07 Å². The number of rotatable bonds is 6. The van der Waals surface area contributed by atoms with Crippen LogP contribution in [0.15, 0.2) is 18.2 Å². The average molecular weight is 313 g/mol. The molecule has 0 bridgehead atoms. The molecule has 1 N–H and O–H groups in total. The van der Waals surface area contributed by atoms with E-state index in [1.165, 1.54) is 18.9 Å². The molecule has 2 atom stereocenters. The van der Waals surface area contributed by atoms with E-state index in [1.54, 1.807) is 6.07 Å². The highest BCUT2D eigenvalue weighted by atomic mass is 32.2. The van der Waals surface area contributed by atoms with Gasteiger partial charge in [0.1, 0.15) is 4.75 Å². The summed E-state index contributed by atoms with van der Waals surface area (Å²) in [5, 5.41) is 0. The summed E-state index contributed by atoms with van der Waals surface area (Å²) in [5.74, 6) is 0.539. The monoisotopic (exact) mass is 313 g/mol. The van der Waals surface area contributed by atoms with Crippen molar-refractivity contribution in [3.05, 3.63) is 29.6 Å². The second kappa shape index (κ2) is 6.55. The molecule has 1 aromatic carbocycles. The van der Waals surface area contributed by atoms with Gasteiger partial charge in [0.15, 0.2) is 11.6 Å². The van der Waals surface area contributed by atoms with Gasteiger partial charge in [0.25, 0.3) is 0 Å². The Bertz CT molecular complexity index is 486. The van der Waals surface area contributed by atoms with Crippen LogP contribution in [-0.4, -0.2) is 15.9 Å². The van der Waals surface area contributed by atoms with Gasteiger partial charge in [0.2, 0.25) is 0 Å². The number of hydrogen-bond acceptors (Lipinski definition) is 3. The highest BCUT2D eigenvalue weighted by Gasteiger charge is 2.28. The van der Waals surface area contributed by atoms with Crippen molar-refractivity contribution >= 4 is 11.4 Å². The molecule has 1 aromatic rings. The van der Waals surface area contributed by atoms with Crippen molar-refractivity contribution in [3.8, 4) is 5.75 Å². The molecule has 21 heavy (non-hydrogen) atoms. The first-order chi connectivity index (χ1) is 9.77. The Morgan fingerprint density at radius 3 is 2.62 bits per heavy atom. The molecule has 118 valence electrons. The van der Waals surface area contributed by atoms with E-state index in [0.717, 1.165) is 5.56 Å². The maximum atomic E-state index is 14.0. The van der Waals surface area contributed by atoms with E-state index in [2.05, 4.69) is 4.72 Å². The largest absolute Gasteiger partial charge is 0.598 e. The molecule has 1 unspecified atom stereocenters. The first-order valence-electron chi connectivity index (χ1n) is 7.37. The van der Waals surface area contributed by atoms with Crippen LogP contribution >= 0.6 is 0 Å². The summed E-state index contributed by atoms with van der Waals surface area (Å²) in [5.41, 5.74) is 0.767. The molecular formula is C16H24FNO2S. The van der Waals surface area contributed by atoms with Crippen molar-refractivity contribution in [2.24, 2.45) is 5.92 Å². The zero-order valence-electron chi connectivity index (χ0n) is 13.1. The third kappa shape index (κ3) is 4.87. The summed E-state index contributed by atoms with van der Waals surface area (Å²) in [7, 11) is 0. The number of halogens is 1. The molecule has 1 fully saturated rings. The van der Waals surface area contributed by atoms with Crippen molar-refractivity contribution < 1.29 is 13.7 Å². The zero-order chi connectivity index (χ0) is 15.6. The molecule has 1 saturated carbocycles. The van der Waals surface area contributed by atoms with Gasteiger partial charge in [0.05, 0.1) is 12.6 Å². The van der Waals surface area contributed by atoms with Crippen molar-refractivity contribution in [1.82, 2.24) is 4.72 Å². The van der Waals surface area contributed by atoms with Crippen LogP contribution in [0.5, 0.6) is 5.75 Å². The van der Waals surface area contributed by atoms with Crippen molar-refractivity contribution in [2.75, 3.05) is 6.61 Å². The fourth-order valence-electron chi connectivity index (χ4n) is 1.80. The Hall–Kier alpha value is -0.780. The smallest absolute Gasteiger partial charge is 0.165 e. The summed E-state index contributed by atoms with van der Waals surface area (Å²) in [6.45, 7) is 8.18. The first-order valence-corrected chi connectivity index (χ1v) is 8.52. The molecular weight excluding hydrogens is 289 g/mol. The molecule has 1 aliphatic rings. The molecule has 5 heteroatoms. The highest BCUT2D eigenvalue weighted by molar-refractivity contribution is 7.90. The quantitative estimate of drug-likeness (QED) is 0.814. The van der Waals surface area contributed by atoms with Crippen LogP contribution in [-0.2, 0) is 11.4 Å². The Balaban J connectivity index is 1.97. The van der Waals surface area contributed by atoms with Crippen LogP contribution in [0.2, 0.25) is 0 Å². The molecule has 0 aliphatic heterocycles. The summed E-state index contributed by atoms with van der Waals surface area (Å²) in [6, 6.07) is 4.76. The first kappa shape index (κ1) is 16.6. The Morgan fingerprint density at radius 1 is 1.43 bits per heavy atom. The van der Waals surface area contributed by atoms with E-state index in [1.807, 2.05) is 33.8 Å². The van der Waals surface area contributed by atoms with E-state index < -0.39 is 11.4 Å². The van der Waals surface area contributed by atoms with E-state index in [0.29, 0.717) is 18.3 Å². The summed E-state index contributed by atoms with van der Waals surface area (Å²) in [4.78, 5) is 0. The molecule has 0 saturated heterocycles. The zero-order valence-corrected chi connectivity index (χ0v) is 13.9. The molecule has 0 spiro atoms. The van der Waals surface area contributed by atoms with Crippen LogP contribution in [0.4, 0.5) is 4.39 Å². The van der Waals surface area contributed by atoms with Gasteiger partial charge in [-0.05, 0) is 64.2 Å². The fourth-order valence-corrected chi connectivity index (χ4v) is 2.61. The van der Waals surface area contributed by atoms with Crippen molar-refractivity contribution in [1.29, 1.82) is 0 Å². The number of nitrogens with one attached hydrogen (secondary N) is 1. The minimum atomic E-state index is -1.18. The summed E-state index contributed by atoms with van der Waals surface area (Å²) in [6.07, 6.45) is 2.36. The van der Waals surface area contributed by atoms with Gasteiger partial charge in [-0.2, -0.15) is 0 Å². The normalized spacial score (nSPS) is 18.4. The molecule has 0 aromatic heterocycles. The number of ether oxygens (including phenoxy) is 1. The molecule has 2 rings (SSSR count). The third-order valence-electron chi connectivity index (χ3n) is 3.47.